The molecule has 17 heavy (non-hydrogen) atoms. The van der Waals surface area contributed by atoms with Crippen LogP contribution in [0.1, 0.15) is 20.8 Å². The molecule has 0 aliphatic heterocycles. The third-order valence-corrected chi connectivity index (χ3v) is 2.23. The maximum atomic E-state index is 11.3. The minimum Gasteiger partial charge on any atom is -0.467 e. The largest absolute Gasteiger partial charge is 0.467 e. The standard InChI is InChI=1S/C10H19N3O4/c1-6(14)13-7(8(15)17-4)5-12-10(2,3)9(11)16/h7,12H,5H2,1-4H3,(H2,11,16)(H,13,14). The van der Waals surface area contributed by atoms with Crippen molar-refractivity contribution in [1.29, 1.82) is 0 Å². The van der Waals surface area contributed by atoms with Crippen LogP contribution in [0.5, 0.6) is 0 Å². The molecule has 4 N–H and O–H groups in total. The summed E-state index contributed by atoms with van der Waals surface area (Å²) in [6.45, 7) is 4.51. The third-order valence-electron chi connectivity index (χ3n) is 2.23. The summed E-state index contributed by atoms with van der Waals surface area (Å²) in [5.74, 6) is -1.50. The summed E-state index contributed by atoms with van der Waals surface area (Å²) in [4.78, 5) is 33.3. The summed E-state index contributed by atoms with van der Waals surface area (Å²) in [7, 11) is 1.22. The van der Waals surface area contributed by atoms with Crippen LogP contribution in [0, 0.1) is 0 Å². The van der Waals surface area contributed by atoms with Crippen molar-refractivity contribution < 1.29 is 19.1 Å². The van der Waals surface area contributed by atoms with Gasteiger partial charge in [-0.25, -0.2) is 4.79 Å². The van der Waals surface area contributed by atoms with Crippen LogP contribution in [-0.4, -0.2) is 43.0 Å². The fourth-order valence-electron chi connectivity index (χ4n) is 1.03. The highest BCUT2D eigenvalue weighted by Gasteiger charge is 2.28. The van der Waals surface area contributed by atoms with E-state index in [0.29, 0.717) is 0 Å². The van der Waals surface area contributed by atoms with Crippen molar-refractivity contribution in [1.82, 2.24) is 10.6 Å². The maximum Gasteiger partial charge on any atom is 0.329 e. The van der Waals surface area contributed by atoms with Gasteiger partial charge in [0.1, 0.15) is 6.04 Å². The van der Waals surface area contributed by atoms with Gasteiger partial charge in [0.25, 0.3) is 0 Å². The minimum atomic E-state index is -0.968. The number of esters is 1. The Balaban J connectivity index is 4.50. The van der Waals surface area contributed by atoms with E-state index in [1.165, 1.54) is 14.0 Å². The number of hydrogen-bond donors (Lipinski definition) is 3. The molecule has 0 rings (SSSR count). The first kappa shape index (κ1) is 15.4. The van der Waals surface area contributed by atoms with Gasteiger partial charge in [-0.2, -0.15) is 0 Å². The molecule has 0 radical (unpaired) electrons. The average molecular weight is 245 g/mol. The molecule has 0 aromatic heterocycles. The summed E-state index contributed by atoms with van der Waals surface area (Å²) in [5, 5.41) is 5.20. The van der Waals surface area contributed by atoms with E-state index in [4.69, 9.17) is 5.73 Å². The van der Waals surface area contributed by atoms with Crippen LogP contribution in [0.4, 0.5) is 0 Å². The van der Waals surface area contributed by atoms with Gasteiger partial charge in [0.15, 0.2) is 0 Å². The normalized spacial score (nSPS) is 12.7. The van der Waals surface area contributed by atoms with Crippen LogP contribution in [0.25, 0.3) is 0 Å². The predicted octanol–water partition coefficient (Wildman–Crippen LogP) is -1.48. The Morgan fingerprint density at radius 2 is 1.88 bits per heavy atom. The molecular weight excluding hydrogens is 226 g/mol. The van der Waals surface area contributed by atoms with Gasteiger partial charge in [0.05, 0.1) is 12.6 Å². The van der Waals surface area contributed by atoms with E-state index >= 15 is 0 Å². The fraction of sp³-hybridized carbons (Fsp3) is 0.700. The Hall–Kier alpha value is -1.63. The first-order valence-electron chi connectivity index (χ1n) is 5.10. The van der Waals surface area contributed by atoms with Crippen molar-refractivity contribution in [2.75, 3.05) is 13.7 Å². The number of nitrogens with two attached hydrogens (primary N) is 1. The van der Waals surface area contributed by atoms with Gasteiger partial charge in [0, 0.05) is 13.5 Å². The smallest absolute Gasteiger partial charge is 0.329 e. The number of rotatable bonds is 6. The molecule has 0 aliphatic carbocycles. The Morgan fingerprint density at radius 1 is 1.35 bits per heavy atom. The first-order chi connectivity index (χ1) is 7.70. The zero-order chi connectivity index (χ0) is 13.6. The van der Waals surface area contributed by atoms with Gasteiger partial charge in [0.2, 0.25) is 11.8 Å². The zero-order valence-corrected chi connectivity index (χ0v) is 10.5. The van der Waals surface area contributed by atoms with E-state index in [9.17, 15) is 14.4 Å². The van der Waals surface area contributed by atoms with Gasteiger partial charge >= 0.3 is 5.97 Å². The van der Waals surface area contributed by atoms with E-state index in [1.54, 1.807) is 13.8 Å². The highest BCUT2D eigenvalue weighted by molar-refractivity contribution is 5.85. The average Bonchev–Trinajstić information content (AvgIpc) is 2.22. The van der Waals surface area contributed by atoms with Crippen molar-refractivity contribution in [3.05, 3.63) is 0 Å². The Kier molecular flexibility index (Phi) is 5.60. The van der Waals surface area contributed by atoms with E-state index in [0.717, 1.165) is 0 Å². The van der Waals surface area contributed by atoms with Crippen LogP contribution in [0.2, 0.25) is 0 Å². The Labute approximate surface area is 100 Å². The van der Waals surface area contributed by atoms with Gasteiger partial charge in [-0.05, 0) is 13.8 Å². The number of amides is 2. The molecule has 0 spiro atoms. The lowest BCUT2D eigenvalue weighted by Crippen LogP contribution is -2.56. The molecule has 0 fully saturated rings. The van der Waals surface area contributed by atoms with Crippen LogP contribution < -0.4 is 16.4 Å². The molecule has 0 aromatic carbocycles. The lowest BCUT2D eigenvalue weighted by atomic mass is 10.0. The molecule has 1 unspecified atom stereocenters. The number of carbonyl (C=O) groups excluding carboxylic acids is 3. The fourth-order valence-corrected chi connectivity index (χ4v) is 1.03. The van der Waals surface area contributed by atoms with Gasteiger partial charge < -0.3 is 21.1 Å². The molecule has 98 valence electrons. The van der Waals surface area contributed by atoms with Crippen molar-refractivity contribution in [3.8, 4) is 0 Å². The van der Waals surface area contributed by atoms with Crippen molar-refractivity contribution >= 4 is 17.8 Å². The number of primary amides is 1. The topological polar surface area (TPSA) is 111 Å². The quantitative estimate of drug-likeness (QED) is 0.494. The van der Waals surface area contributed by atoms with Gasteiger partial charge in [-0.15, -0.1) is 0 Å². The predicted molar refractivity (Wildman–Crippen MR) is 60.9 cm³/mol. The van der Waals surface area contributed by atoms with Crippen LogP contribution in [0.15, 0.2) is 0 Å². The summed E-state index contributed by atoms with van der Waals surface area (Å²) in [6, 6.07) is -0.851. The SMILES string of the molecule is COC(=O)C(CNC(C)(C)C(N)=O)NC(C)=O. The second kappa shape index (κ2) is 6.19. The van der Waals surface area contributed by atoms with Crippen LogP contribution in [-0.2, 0) is 19.1 Å². The molecular formula is C10H19N3O4. The molecule has 0 saturated carbocycles. The van der Waals surface area contributed by atoms with Crippen LogP contribution in [0.3, 0.4) is 0 Å². The molecule has 7 nitrogen and oxygen atoms in total. The number of ether oxygens (including phenoxy) is 1. The summed E-state index contributed by atoms with van der Waals surface area (Å²) >= 11 is 0. The summed E-state index contributed by atoms with van der Waals surface area (Å²) < 4.78 is 4.53. The van der Waals surface area contributed by atoms with Gasteiger partial charge in [-0.3, -0.25) is 9.59 Å². The van der Waals surface area contributed by atoms with Crippen molar-refractivity contribution in [2.24, 2.45) is 5.73 Å². The second-order valence-electron chi connectivity index (χ2n) is 4.15. The first-order valence-corrected chi connectivity index (χ1v) is 5.10. The van der Waals surface area contributed by atoms with E-state index < -0.39 is 23.5 Å². The zero-order valence-electron chi connectivity index (χ0n) is 10.5. The number of carbonyl (C=O) groups is 3. The molecule has 1 atom stereocenters. The van der Waals surface area contributed by atoms with Gasteiger partial charge in [-0.1, -0.05) is 0 Å². The Bertz CT molecular complexity index is 315. The van der Waals surface area contributed by atoms with Crippen molar-refractivity contribution in [3.63, 3.8) is 0 Å². The molecule has 0 aliphatic rings. The van der Waals surface area contributed by atoms with E-state index in [1.807, 2.05) is 0 Å². The highest BCUT2D eigenvalue weighted by atomic mass is 16.5. The number of methoxy groups -OCH3 is 1. The second-order valence-corrected chi connectivity index (χ2v) is 4.15. The lowest BCUT2D eigenvalue weighted by molar-refractivity contribution is -0.145. The number of hydrogen-bond acceptors (Lipinski definition) is 5. The van der Waals surface area contributed by atoms with E-state index in [2.05, 4.69) is 15.4 Å². The molecule has 0 aromatic rings. The molecule has 7 heteroatoms. The molecule has 0 saturated heterocycles. The minimum absolute atomic E-state index is 0.0577. The molecule has 0 heterocycles. The highest BCUT2D eigenvalue weighted by Crippen LogP contribution is 2.00. The van der Waals surface area contributed by atoms with Crippen LogP contribution >= 0.6 is 0 Å². The lowest BCUT2D eigenvalue weighted by Gasteiger charge is -2.25. The monoisotopic (exact) mass is 245 g/mol. The molecule has 0 bridgehead atoms. The number of nitrogens with one attached hydrogen (secondary N) is 2. The van der Waals surface area contributed by atoms with E-state index in [-0.39, 0.29) is 12.5 Å². The Morgan fingerprint density at radius 3 is 2.24 bits per heavy atom. The maximum absolute atomic E-state index is 11.3. The third kappa shape index (κ3) is 5.30. The summed E-state index contributed by atoms with van der Waals surface area (Å²) in [5.41, 5.74) is 4.19. The molecule has 2 amide bonds. The summed E-state index contributed by atoms with van der Waals surface area (Å²) in [6.07, 6.45) is 0. The van der Waals surface area contributed by atoms with Crippen molar-refractivity contribution in [2.45, 2.75) is 32.4 Å².